The maximum absolute atomic E-state index is 14.9. The number of carbonyl (C=O) groups is 4. The molecule has 1 unspecified atom stereocenters. The van der Waals surface area contributed by atoms with Gasteiger partial charge in [-0.05, 0) is 34.5 Å². The van der Waals surface area contributed by atoms with E-state index < -0.39 is 39.2 Å². The number of rotatable bonds is 5. The summed E-state index contributed by atoms with van der Waals surface area (Å²) in [5.41, 5.74) is -0.231. The first-order valence-electron chi connectivity index (χ1n) is 12.5. The quantitative estimate of drug-likeness (QED) is 0.284. The van der Waals surface area contributed by atoms with Gasteiger partial charge in [0, 0.05) is 29.2 Å². The Kier molecular flexibility index (Phi) is 6.98. The third-order valence-corrected chi connectivity index (χ3v) is 9.35. The molecule has 4 amide bonds. The van der Waals surface area contributed by atoms with E-state index in [1.54, 1.807) is 41.7 Å². The maximum Gasteiger partial charge on any atom is 0.348 e. The van der Waals surface area contributed by atoms with Crippen LogP contribution in [0.25, 0.3) is 0 Å². The summed E-state index contributed by atoms with van der Waals surface area (Å²) in [6.07, 6.45) is 0. The Morgan fingerprint density at radius 1 is 1.00 bits per heavy atom. The molecule has 1 atom stereocenters. The van der Waals surface area contributed by atoms with Gasteiger partial charge in [0.2, 0.25) is 27.8 Å². The van der Waals surface area contributed by atoms with Crippen LogP contribution in [0, 0.1) is 0 Å². The molecule has 2 aromatic carbocycles. The number of hydrogen-bond acceptors (Lipinski definition) is 4. The van der Waals surface area contributed by atoms with Crippen LogP contribution in [0.5, 0.6) is 0 Å². The van der Waals surface area contributed by atoms with Gasteiger partial charge in [-0.25, -0.2) is 0 Å². The molecule has 1 saturated heterocycles. The number of halogens is 3. The van der Waals surface area contributed by atoms with Crippen molar-refractivity contribution in [2.75, 3.05) is 0 Å². The number of hydrogen-bond donors (Lipinski definition) is 0. The predicted molar refractivity (Wildman–Crippen MR) is 162 cm³/mol. The summed E-state index contributed by atoms with van der Waals surface area (Å²) in [5, 5.41) is -1.57. The molecule has 7 nitrogen and oxygen atoms in total. The van der Waals surface area contributed by atoms with E-state index >= 15 is 0 Å². The van der Waals surface area contributed by atoms with Gasteiger partial charge < -0.3 is 14.5 Å². The largest absolute Gasteiger partial charge is 0.384 e. The average molecular weight is 545 g/mol. The van der Waals surface area contributed by atoms with Gasteiger partial charge in [0.1, 0.15) is 39.2 Å². The number of imide groups is 1. The zero-order valence-electron chi connectivity index (χ0n) is 23.1. The molecule has 39 heavy (non-hydrogen) atoms. The Hall–Kier alpha value is -2.88. The lowest BCUT2D eigenvalue weighted by atomic mass is 9.21. The third-order valence-electron chi connectivity index (χ3n) is 9.10. The van der Waals surface area contributed by atoms with E-state index in [4.69, 9.17) is 11.6 Å². The molecule has 0 bridgehead atoms. The fourth-order valence-electron chi connectivity index (χ4n) is 5.64. The molecule has 0 aromatic heterocycles. The molecule has 0 saturated carbocycles. The second kappa shape index (κ2) is 9.35. The molecular formula is C22H25B7ClF2N3O4. The SMILES string of the molecule is BN(Cc1ccc2c(c1)CN(C1(B)C(=O)N(B)C(=O)C(B)(B)C1(B)B)C2=O)C(=O)C(F)(F)c1ccc(Cl)cc1. The van der Waals surface area contributed by atoms with Gasteiger partial charge in [0.25, 0.3) is 11.8 Å². The number of benzene rings is 2. The van der Waals surface area contributed by atoms with Crippen LogP contribution in [0.15, 0.2) is 42.5 Å². The summed E-state index contributed by atoms with van der Waals surface area (Å²) in [4.78, 5) is 56.3. The van der Waals surface area contributed by atoms with Crippen molar-refractivity contribution in [1.82, 2.24) is 14.5 Å². The number of fused-ring (bicyclic) bond motifs is 1. The van der Waals surface area contributed by atoms with E-state index in [1.165, 1.54) is 33.0 Å². The topological polar surface area (TPSA) is 78.0 Å². The Balaban J connectivity index is 1.60. The first-order chi connectivity index (χ1) is 17.9. The molecule has 2 aliphatic heterocycles. The molecular weight excluding hydrogens is 519 g/mol. The number of alkyl halides is 2. The number of carbonyl (C=O) groups excluding carboxylic acids is 4. The van der Waals surface area contributed by atoms with E-state index in [0.29, 0.717) is 16.7 Å². The zero-order chi connectivity index (χ0) is 29.3. The fraction of sp³-hybridized carbons (Fsp3) is 0.273. The Bertz CT molecular complexity index is 1410. The van der Waals surface area contributed by atoms with Gasteiger partial charge in [-0.3, -0.25) is 19.2 Å². The zero-order valence-corrected chi connectivity index (χ0v) is 23.8. The van der Waals surface area contributed by atoms with E-state index in [-0.39, 0.29) is 29.9 Å². The molecule has 1 fully saturated rings. The van der Waals surface area contributed by atoms with Crippen molar-refractivity contribution in [2.24, 2.45) is 0 Å². The molecule has 2 aliphatic rings. The minimum atomic E-state index is -3.75. The normalized spacial score (nSPS) is 22.1. The number of nitrogens with zero attached hydrogens (tertiary/aromatic N) is 3. The van der Waals surface area contributed by atoms with Crippen LogP contribution in [0.2, 0.25) is 15.5 Å². The highest BCUT2D eigenvalue weighted by Crippen LogP contribution is 2.56. The summed E-state index contributed by atoms with van der Waals surface area (Å²) in [7, 11) is 11.6. The van der Waals surface area contributed by atoms with Crippen molar-refractivity contribution in [1.29, 1.82) is 0 Å². The lowest BCUT2D eigenvalue weighted by Gasteiger charge is -2.61. The number of piperidine rings is 1. The van der Waals surface area contributed by atoms with Crippen molar-refractivity contribution < 1.29 is 28.0 Å². The van der Waals surface area contributed by atoms with Crippen LogP contribution in [-0.4, -0.2) is 98.8 Å². The molecule has 0 spiro atoms. The molecule has 17 heteroatoms. The first-order valence-corrected chi connectivity index (χ1v) is 12.9. The van der Waals surface area contributed by atoms with Crippen molar-refractivity contribution in [2.45, 2.75) is 34.9 Å². The standard InChI is InChI=1S/C22H25B7ClF2N3O4/c23-20(24)17(38)35(29)18(39)21(25,22(20,26)27)33-9-11-7-10(1-6-14(11)15(33)36)8-34(28)16(37)19(31,32)12-2-4-13(30)5-3-12/h1-7H,8-9,23-29H2. The van der Waals surface area contributed by atoms with E-state index in [1.807, 2.05) is 15.7 Å². The van der Waals surface area contributed by atoms with Gasteiger partial charge in [-0.2, -0.15) is 8.78 Å². The molecule has 0 radical (unpaired) electrons. The molecule has 2 heterocycles. The molecule has 0 N–H and O–H groups in total. The van der Waals surface area contributed by atoms with Crippen LogP contribution >= 0.6 is 11.6 Å². The van der Waals surface area contributed by atoms with Gasteiger partial charge in [-0.1, -0.05) is 41.1 Å². The maximum atomic E-state index is 14.9. The summed E-state index contributed by atoms with van der Waals surface area (Å²) < 4.78 is 29.8. The fourth-order valence-corrected chi connectivity index (χ4v) is 5.76. The van der Waals surface area contributed by atoms with Crippen LogP contribution in [-0.2, 0) is 33.4 Å². The van der Waals surface area contributed by atoms with Gasteiger partial charge in [0.05, 0.1) is 5.44 Å². The lowest BCUT2D eigenvalue weighted by molar-refractivity contribution is -0.154. The Morgan fingerprint density at radius 3 is 2.18 bits per heavy atom. The summed E-state index contributed by atoms with van der Waals surface area (Å²) in [6.45, 7) is -0.0141. The average Bonchev–Trinajstić information content (AvgIpc) is 3.21. The van der Waals surface area contributed by atoms with Gasteiger partial charge >= 0.3 is 5.92 Å². The summed E-state index contributed by atoms with van der Waals surface area (Å²) in [6, 6.07) is 9.73. The molecule has 0 aliphatic carbocycles. The van der Waals surface area contributed by atoms with Gasteiger partial charge in [-0.15, -0.1) is 0 Å². The van der Waals surface area contributed by atoms with Crippen molar-refractivity contribution in [3.8, 4) is 0 Å². The Labute approximate surface area is 237 Å². The van der Waals surface area contributed by atoms with Crippen LogP contribution in [0.1, 0.15) is 27.0 Å². The minimum Gasteiger partial charge on any atom is -0.384 e. The molecule has 2 aromatic rings. The first kappa shape index (κ1) is 29.1. The van der Waals surface area contributed by atoms with Gasteiger partial charge in [0.15, 0.2) is 0 Å². The Morgan fingerprint density at radius 2 is 1.59 bits per heavy atom. The highest BCUT2D eigenvalue weighted by molar-refractivity contribution is 6.68. The number of amides is 4. The van der Waals surface area contributed by atoms with E-state index in [2.05, 4.69) is 0 Å². The van der Waals surface area contributed by atoms with Crippen LogP contribution in [0.3, 0.4) is 0 Å². The smallest absolute Gasteiger partial charge is 0.348 e. The second-order valence-corrected chi connectivity index (χ2v) is 12.1. The minimum absolute atomic E-state index is 0.102. The predicted octanol–water partition coefficient (Wildman–Crippen LogP) is -4.02. The monoisotopic (exact) mass is 545 g/mol. The van der Waals surface area contributed by atoms with Crippen LogP contribution in [0.4, 0.5) is 8.78 Å². The summed E-state index contributed by atoms with van der Waals surface area (Å²) in [5.74, 6) is -6.25. The van der Waals surface area contributed by atoms with Crippen molar-refractivity contribution in [3.63, 3.8) is 0 Å². The lowest BCUT2D eigenvalue weighted by Crippen LogP contribution is -2.75. The van der Waals surface area contributed by atoms with E-state index in [0.717, 1.165) is 21.8 Å². The highest BCUT2D eigenvalue weighted by Gasteiger charge is 2.65. The molecule has 194 valence electrons. The highest BCUT2D eigenvalue weighted by atomic mass is 35.5. The third kappa shape index (κ3) is 4.17. The second-order valence-electron chi connectivity index (χ2n) is 11.6. The van der Waals surface area contributed by atoms with Crippen molar-refractivity contribution in [3.05, 3.63) is 69.7 Å². The van der Waals surface area contributed by atoms with Crippen molar-refractivity contribution >= 4 is 90.4 Å². The summed E-state index contributed by atoms with van der Waals surface area (Å²) >= 11 is 5.78. The molecule has 4 rings (SSSR count). The van der Waals surface area contributed by atoms with E-state index in [9.17, 15) is 28.0 Å². The van der Waals surface area contributed by atoms with Crippen LogP contribution < -0.4 is 0 Å².